The average molecular weight is 252 g/mol. The van der Waals surface area contributed by atoms with E-state index in [-0.39, 0.29) is 0 Å². The maximum Gasteiger partial charge on any atom is 0.320 e. The lowest BCUT2D eigenvalue weighted by atomic mass is 10.1. The van der Waals surface area contributed by atoms with Crippen molar-refractivity contribution in [2.45, 2.75) is 52.7 Å². The van der Waals surface area contributed by atoms with Gasteiger partial charge in [0.05, 0.1) is 12.2 Å². The van der Waals surface area contributed by atoms with Gasteiger partial charge in [-0.3, -0.25) is 9.59 Å². The number of halogens is 2. The predicted octanol–water partition coefficient (Wildman–Crippen LogP) is 2.16. The fourth-order valence-corrected chi connectivity index (χ4v) is 1.10. The van der Waals surface area contributed by atoms with E-state index in [2.05, 4.69) is 0 Å². The van der Waals surface area contributed by atoms with E-state index < -0.39 is 42.9 Å². The monoisotopic (exact) mass is 252 g/mol. The molecule has 0 aromatic carbocycles. The quantitative estimate of drug-likeness (QED) is 0.537. The highest BCUT2D eigenvalue weighted by Crippen LogP contribution is 2.16. The van der Waals surface area contributed by atoms with Gasteiger partial charge in [-0.15, -0.1) is 0 Å². The molecule has 0 amide bonds. The van der Waals surface area contributed by atoms with Crippen molar-refractivity contribution < 1.29 is 27.8 Å². The predicted molar refractivity (Wildman–Crippen MR) is 56.6 cm³/mol. The summed E-state index contributed by atoms with van der Waals surface area (Å²) in [5.74, 6) is -3.49. The summed E-state index contributed by atoms with van der Waals surface area (Å²) in [5.41, 5.74) is 0. The topological polar surface area (TPSA) is 52.6 Å². The van der Waals surface area contributed by atoms with Crippen LogP contribution in [0.2, 0.25) is 0 Å². The molecule has 0 aliphatic carbocycles. The van der Waals surface area contributed by atoms with E-state index in [0.29, 0.717) is 0 Å². The van der Waals surface area contributed by atoms with Crippen LogP contribution in [0.25, 0.3) is 0 Å². The van der Waals surface area contributed by atoms with Gasteiger partial charge in [-0.05, 0) is 27.7 Å². The molecule has 6 heteroatoms. The molecule has 100 valence electrons. The van der Waals surface area contributed by atoms with Crippen LogP contribution in [0.4, 0.5) is 8.78 Å². The number of carbonyl (C=O) groups is 2. The molecule has 0 aromatic heterocycles. The Morgan fingerprint density at radius 3 is 1.53 bits per heavy atom. The smallest absolute Gasteiger partial charge is 0.320 e. The minimum atomic E-state index is -2.76. The molecule has 0 bridgehead atoms. The van der Waals surface area contributed by atoms with Crippen molar-refractivity contribution in [1.29, 1.82) is 0 Å². The Balaban J connectivity index is 4.62. The zero-order valence-corrected chi connectivity index (χ0v) is 10.4. The van der Waals surface area contributed by atoms with Crippen LogP contribution < -0.4 is 0 Å². The Kier molecular flexibility index (Phi) is 6.68. The molecule has 0 aliphatic heterocycles. The molecule has 0 atom stereocenters. The number of hydrogen-bond donors (Lipinski definition) is 0. The second kappa shape index (κ2) is 7.19. The van der Waals surface area contributed by atoms with Gasteiger partial charge in [0, 0.05) is 6.42 Å². The summed E-state index contributed by atoms with van der Waals surface area (Å²) in [6.07, 6.45) is -4.57. The molecule has 0 saturated carbocycles. The molecule has 0 radical (unpaired) electrons. The lowest BCUT2D eigenvalue weighted by molar-refractivity contribution is -0.168. The molecule has 0 unspecified atom stereocenters. The Morgan fingerprint density at radius 2 is 1.29 bits per heavy atom. The highest BCUT2D eigenvalue weighted by molar-refractivity contribution is 5.95. The van der Waals surface area contributed by atoms with Crippen molar-refractivity contribution in [2.75, 3.05) is 0 Å². The number of ether oxygens (including phenoxy) is 2. The molecule has 4 nitrogen and oxygen atoms in total. The molecule has 0 saturated heterocycles. The Morgan fingerprint density at radius 1 is 0.941 bits per heavy atom. The Labute approximate surface area is 99.3 Å². The SMILES string of the molecule is CC(C)OC(=O)C(CC(F)F)C(=O)OC(C)C. The van der Waals surface area contributed by atoms with E-state index >= 15 is 0 Å². The average Bonchev–Trinajstić information content (AvgIpc) is 2.11. The second-order valence-electron chi connectivity index (χ2n) is 4.15. The summed E-state index contributed by atoms with van der Waals surface area (Å²) in [6.45, 7) is 6.30. The third-order valence-electron chi connectivity index (χ3n) is 1.69. The number of hydrogen-bond acceptors (Lipinski definition) is 4. The first-order valence-electron chi connectivity index (χ1n) is 5.43. The van der Waals surface area contributed by atoms with Crippen LogP contribution >= 0.6 is 0 Å². The highest BCUT2D eigenvalue weighted by atomic mass is 19.3. The Bertz CT molecular complexity index is 242. The molecule has 0 fully saturated rings. The van der Waals surface area contributed by atoms with Crippen molar-refractivity contribution in [2.24, 2.45) is 5.92 Å². The molecule has 0 heterocycles. The van der Waals surface area contributed by atoms with Crippen LogP contribution in [0.5, 0.6) is 0 Å². The molecule has 0 spiro atoms. The van der Waals surface area contributed by atoms with Crippen molar-refractivity contribution in [1.82, 2.24) is 0 Å². The normalized spacial score (nSPS) is 11.4. The number of carbonyl (C=O) groups excluding carboxylic acids is 2. The van der Waals surface area contributed by atoms with Gasteiger partial charge in [0.1, 0.15) is 0 Å². The van der Waals surface area contributed by atoms with Gasteiger partial charge in [0.25, 0.3) is 0 Å². The summed E-state index contributed by atoms with van der Waals surface area (Å²) in [5, 5.41) is 0. The molecular weight excluding hydrogens is 234 g/mol. The van der Waals surface area contributed by atoms with E-state index in [9.17, 15) is 18.4 Å². The van der Waals surface area contributed by atoms with Crippen LogP contribution in [0.3, 0.4) is 0 Å². The fraction of sp³-hybridized carbons (Fsp3) is 0.818. The van der Waals surface area contributed by atoms with Crippen molar-refractivity contribution in [3.8, 4) is 0 Å². The van der Waals surface area contributed by atoms with E-state index in [1.165, 1.54) is 0 Å². The third-order valence-corrected chi connectivity index (χ3v) is 1.69. The maximum absolute atomic E-state index is 12.3. The standard InChI is InChI=1S/C11H18F2O4/c1-6(2)16-10(14)8(5-9(12)13)11(15)17-7(3)4/h6-9H,5H2,1-4H3. The van der Waals surface area contributed by atoms with Gasteiger partial charge in [-0.1, -0.05) is 0 Å². The minimum absolute atomic E-state index is 0.463. The highest BCUT2D eigenvalue weighted by Gasteiger charge is 2.33. The van der Waals surface area contributed by atoms with E-state index in [1.54, 1.807) is 27.7 Å². The van der Waals surface area contributed by atoms with Gasteiger partial charge in [0.15, 0.2) is 5.92 Å². The van der Waals surface area contributed by atoms with Gasteiger partial charge < -0.3 is 9.47 Å². The summed E-state index contributed by atoms with van der Waals surface area (Å²) >= 11 is 0. The van der Waals surface area contributed by atoms with E-state index in [1.807, 2.05) is 0 Å². The van der Waals surface area contributed by atoms with Crippen molar-refractivity contribution in [3.05, 3.63) is 0 Å². The molecule has 17 heavy (non-hydrogen) atoms. The van der Waals surface area contributed by atoms with Gasteiger partial charge >= 0.3 is 11.9 Å². The summed E-state index contributed by atoms with van der Waals surface area (Å²) in [4.78, 5) is 22.9. The fourth-order valence-electron chi connectivity index (χ4n) is 1.10. The van der Waals surface area contributed by atoms with Crippen LogP contribution in [-0.4, -0.2) is 30.6 Å². The molecule has 0 N–H and O–H groups in total. The number of rotatable bonds is 6. The summed E-state index contributed by atoms with van der Waals surface area (Å²) in [6, 6.07) is 0. The van der Waals surface area contributed by atoms with Crippen LogP contribution in [0.1, 0.15) is 34.1 Å². The summed E-state index contributed by atoms with van der Waals surface area (Å²) < 4.78 is 34.0. The number of esters is 2. The van der Waals surface area contributed by atoms with Gasteiger partial charge in [-0.2, -0.15) is 0 Å². The largest absolute Gasteiger partial charge is 0.462 e. The van der Waals surface area contributed by atoms with Gasteiger partial charge in [-0.25, -0.2) is 8.78 Å². The zero-order valence-electron chi connectivity index (χ0n) is 10.4. The minimum Gasteiger partial charge on any atom is -0.462 e. The molecule has 0 aromatic rings. The molecule has 0 aliphatic rings. The van der Waals surface area contributed by atoms with Crippen molar-refractivity contribution in [3.63, 3.8) is 0 Å². The lowest BCUT2D eigenvalue weighted by Gasteiger charge is -2.17. The summed E-state index contributed by atoms with van der Waals surface area (Å²) in [7, 11) is 0. The Hall–Kier alpha value is -1.20. The number of alkyl halides is 2. The molecule has 0 rings (SSSR count). The first-order valence-corrected chi connectivity index (χ1v) is 5.43. The third kappa shape index (κ3) is 6.86. The van der Waals surface area contributed by atoms with Crippen LogP contribution in [0.15, 0.2) is 0 Å². The van der Waals surface area contributed by atoms with Gasteiger partial charge in [0.2, 0.25) is 6.43 Å². The first kappa shape index (κ1) is 15.8. The lowest BCUT2D eigenvalue weighted by Crippen LogP contribution is -2.32. The first-order chi connectivity index (χ1) is 7.73. The van der Waals surface area contributed by atoms with E-state index in [4.69, 9.17) is 9.47 Å². The van der Waals surface area contributed by atoms with Crippen LogP contribution in [0, 0.1) is 5.92 Å². The zero-order chi connectivity index (χ0) is 13.6. The molecular formula is C11H18F2O4. The van der Waals surface area contributed by atoms with E-state index in [0.717, 1.165) is 0 Å². The second-order valence-corrected chi connectivity index (χ2v) is 4.15. The maximum atomic E-state index is 12.3. The van der Waals surface area contributed by atoms with Crippen molar-refractivity contribution >= 4 is 11.9 Å². The van der Waals surface area contributed by atoms with Crippen LogP contribution in [-0.2, 0) is 19.1 Å².